The maximum absolute atomic E-state index is 12.2. The molecule has 0 unspecified atom stereocenters. The van der Waals surface area contributed by atoms with Crippen molar-refractivity contribution in [2.75, 3.05) is 0 Å². The molecule has 1 saturated carbocycles. The van der Waals surface area contributed by atoms with Crippen molar-refractivity contribution in [1.29, 1.82) is 0 Å². The number of carbonyl (C=O) groups excluding carboxylic acids is 1. The van der Waals surface area contributed by atoms with E-state index in [1.165, 1.54) is 19.3 Å². The normalized spacial score (nSPS) is 22.1. The standard InChI is InChI=1S/C18H31NO5/c1-12(2)4-3-5-13-6-8-14(9-7-13)17(22)19-15(18(23)24)10-11-16(20)21/h12-15H,3-11H2,1-2H3,(H,19,22)(H,20,21)(H,23,24)/t13?,14?,15-/m0/s1. The number of amides is 1. The van der Waals surface area contributed by atoms with Crippen molar-refractivity contribution in [2.45, 2.75) is 77.7 Å². The van der Waals surface area contributed by atoms with Crippen LogP contribution in [0.4, 0.5) is 0 Å². The van der Waals surface area contributed by atoms with Crippen LogP contribution in [0.3, 0.4) is 0 Å². The Morgan fingerprint density at radius 3 is 2.17 bits per heavy atom. The molecule has 1 amide bonds. The zero-order chi connectivity index (χ0) is 18.1. The molecule has 3 N–H and O–H groups in total. The van der Waals surface area contributed by atoms with Crippen molar-refractivity contribution in [1.82, 2.24) is 5.32 Å². The minimum absolute atomic E-state index is 0.0824. The van der Waals surface area contributed by atoms with E-state index in [1.54, 1.807) is 0 Å². The van der Waals surface area contributed by atoms with Crippen LogP contribution in [-0.2, 0) is 14.4 Å². The zero-order valence-corrected chi connectivity index (χ0v) is 14.8. The van der Waals surface area contributed by atoms with Gasteiger partial charge < -0.3 is 15.5 Å². The fraction of sp³-hybridized carbons (Fsp3) is 0.833. The number of nitrogens with one attached hydrogen (secondary N) is 1. The van der Waals surface area contributed by atoms with E-state index < -0.39 is 18.0 Å². The van der Waals surface area contributed by atoms with Gasteiger partial charge in [-0.05, 0) is 43.9 Å². The third-order valence-electron chi connectivity index (χ3n) is 4.87. The molecule has 6 nitrogen and oxygen atoms in total. The number of hydrogen-bond donors (Lipinski definition) is 3. The van der Waals surface area contributed by atoms with Crippen molar-refractivity contribution < 1.29 is 24.6 Å². The van der Waals surface area contributed by atoms with E-state index >= 15 is 0 Å². The molecular weight excluding hydrogens is 310 g/mol. The molecule has 0 spiro atoms. The van der Waals surface area contributed by atoms with Crippen LogP contribution in [0.5, 0.6) is 0 Å². The summed E-state index contributed by atoms with van der Waals surface area (Å²) in [4.78, 5) is 34.0. The fourth-order valence-corrected chi connectivity index (χ4v) is 3.34. The second-order valence-corrected chi connectivity index (χ2v) is 7.37. The lowest BCUT2D eigenvalue weighted by molar-refractivity contribution is -0.144. The van der Waals surface area contributed by atoms with Crippen LogP contribution < -0.4 is 5.32 Å². The predicted octanol–water partition coefficient (Wildman–Crippen LogP) is 3.05. The molecule has 24 heavy (non-hydrogen) atoms. The number of rotatable bonds is 10. The Balaban J connectivity index is 2.35. The van der Waals surface area contributed by atoms with Gasteiger partial charge in [0.25, 0.3) is 0 Å². The van der Waals surface area contributed by atoms with Crippen LogP contribution in [0.1, 0.15) is 71.6 Å². The summed E-state index contributed by atoms with van der Waals surface area (Å²) in [6.07, 6.45) is 6.96. The van der Waals surface area contributed by atoms with Gasteiger partial charge in [-0.1, -0.05) is 33.1 Å². The SMILES string of the molecule is CC(C)CCCC1CCC(C(=O)N[C@@H](CCC(=O)O)C(=O)O)CC1. The molecule has 0 aromatic carbocycles. The Morgan fingerprint density at radius 2 is 1.67 bits per heavy atom. The molecule has 1 atom stereocenters. The Labute approximate surface area is 144 Å². The van der Waals surface area contributed by atoms with Crippen molar-refractivity contribution in [3.05, 3.63) is 0 Å². The number of hydrogen-bond acceptors (Lipinski definition) is 3. The molecule has 1 aliphatic rings. The maximum atomic E-state index is 12.2. The van der Waals surface area contributed by atoms with Crippen molar-refractivity contribution >= 4 is 17.8 Å². The average Bonchev–Trinajstić information content (AvgIpc) is 2.51. The molecule has 0 aliphatic heterocycles. The van der Waals surface area contributed by atoms with E-state index in [0.29, 0.717) is 5.92 Å². The smallest absolute Gasteiger partial charge is 0.326 e. The Bertz CT molecular complexity index is 427. The number of carbonyl (C=O) groups is 3. The lowest BCUT2D eigenvalue weighted by Gasteiger charge is -2.28. The van der Waals surface area contributed by atoms with Gasteiger partial charge in [0, 0.05) is 12.3 Å². The minimum atomic E-state index is -1.17. The quantitative estimate of drug-likeness (QED) is 0.566. The molecule has 138 valence electrons. The van der Waals surface area contributed by atoms with Gasteiger partial charge in [0.15, 0.2) is 0 Å². The number of aliphatic carboxylic acids is 2. The molecular formula is C18H31NO5. The minimum Gasteiger partial charge on any atom is -0.481 e. The van der Waals surface area contributed by atoms with Gasteiger partial charge in [0.05, 0.1) is 0 Å². The molecule has 0 heterocycles. The number of carboxylic acids is 2. The molecule has 1 aliphatic carbocycles. The molecule has 0 aromatic rings. The summed E-state index contributed by atoms with van der Waals surface area (Å²) in [6.45, 7) is 4.45. The lowest BCUT2D eigenvalue weighted by atomic mass is 9.79. The zero-order valence-electron chi connectivity index (χ0n) is 14.8. The first-order chi connectivity index (χ1) is 11.3. The van der Waals surface area contributed by atoms with Crippen LogP contribution in [0, 0.1) is 17.8 Å². The van der Waals surface area contributed by atoms with Gasteiger partial charge in [-0.25, -0.2) is 4.79 Å². The second kappa shape index (κ2) is 10.3. The summed E-state index contributed by atoms with van der Waals surface area (Å²) in [6, 6.07) is -1.11. The highest BCUT2D eigenvalue weighted by Crippen LogP contribution is 2.32. The monoisotopic (exact) mass is 341 g/mol. The van der Waals surface area contributed by atoms with Gasteiger partial charge >= 0.3 is 11.9 Å². The third-order valence-corrected chi connectivity index (χ3v) is 4.87. The van der Waals surface area contributed by atoms with E-state index in [2.05, 4.69) is 19.2 Å². The summed E-state index contributed by atoms with van der Waals surface area (Å²) in [5, 5.41) is 20.3. The molecule has 0 radical (unpaired) electrons. The van der Waals surface area contributed by atoms with Gasteiger partial charge in [-0.2, -0.15) is 0 Å². The van der Waals surface area contributed by atoms with Gasteiger partial charge in [0.1, 0.15) is 6.04 Å². The van der Waals surface area contributed by atoms with Crippen molar-refractivity contribution in [2.24, 2.45) is 17.8 Å². The van der Waals surface area contributed by atoms with Crippen LogP contribution in [0.15, 0.2) is 0 Å². The average molecular weight is 341 g/mol. The van der Waals surface area contributed by atoms with E-state index in [9.17, 15) is 14.4 Å². The van der Waals surface area contributed by atoms with Gasteiger partial charge in [-0.15, -0.1) is 0 Å². The maximum Gasteiger partial charge on any atom is 0.326 e. The molecule has 0 saturated heterocycles. The summed E-state index contributed by atoms with van der Waals surface area (Å²) in [7, 11) is 0. The largest absolute Gasteiger partial charge is 0.481 e. The van der Waals surface area contributed by atoms with Crippen LogP contribution >= 0.6 is 0 Å². The highest BCUT2D eigenvalue weighted by atomic mass is 16.4. The molecule has 0 bridgehead atoms. The Morgan fingerprint density at radius 1 is 1.04 bits per heavy atom. The highest BCUT2D eigenvalue weighted by Gasteiger charge is 2.29. The summed E-state index contributed by atoms with van der Waals surface area (Å²) >= 11 is 0. The second-order valence-electron chi connectivity index (χ2n) is 7.37. The highest BCUT2D eigenvalue weighted by molar-refractivity contribution is 5.85. The Hall–Kier alpha value is -1.59. The molecule has 1 rings (SSSR count). The van der Waals surface area contributed by atoms with E-state index in [1.807, 2.05) is 0 Å². The van der Waals surface area contributed by atoms with Crippen LogP contribution in [0.25, 0.3) is 0 Å². The van der Waals surface area contributed by atoms with E-state index in [0.717, 1.165) is 31.6 Å². The molecule has 6 heteroatoms. The van der Waals surface area contributed by atoms with E-state index in [-0.39, 0.29) is 24.7 Å². The van der Waals surface area contributed by atoms with Crippen LogP contribution in [0.2, 0.25) is 0 Å². The molecule has 1 fully saturated rings. The Kier molecular flexibility index (Phi) is 8.79. The van der Waals surface area contributed by atoms with Gasteiger partial charge in [0.2, 0.25) is 5.91 Å². The number of carboxylic acid groups (broad SMARTS) is 2. The summed E-state index contributed by atoms with van der Waals surface area (Å²) < 4.78 is 0. The fourth-order valence-electron chi connectivity index (χ4n) is 3.34. The van der Waals surface area contributed by atoms with Crippen molar-refractivity contribution in [3.63, 3.8) is 0 Å². The lowest BCUT2D eigenvalue weighted by Crippen LogP contribution is -2.44. The first-order valence-corrected chi connectivity index (χ1v) is 9.04. The predicted molar refractivity (Wildman–Crippen MR) is 90.6 cm³/mol. The summed E-state index contributed by atoms with van der Waals surface area (Å²) in [5.41, 5.74) is 0. The third kappa shape index (κ3) is 7.79. The van der Waals surface area contributed by atoms with Crippen molar-refractivity contribution in [3.8, 4) is 0 Å². The summed E-state index contributed by atoms with van der Waals surface area (Å²) in [5.74, 6) is -1.21. The first kappa shape index (κ1) is 20.5. The van der Waals surface area contributed by atoms with Gasteiger partial charge in [-0.3, -0.25) is 9.59 Å². The topological polar surface area (TPSA) is 104 Å². The first-order valence-electron chi connectivity index (χ1n) is 9.04. The van der Waals surface area contributed by atoms with E-state index in [4.69, 9.17) is 10.2 Å². The molecule has 0 aromatic heterocycles. The van der Waals surface area contributed by atoms with Crippen LogP contribution in [-0.4, -0.2) is 34.1 Å².